The minimum atomic E-state index is -0.404. The summed E-state index contributed by atoms with van der Waals surface area (Å²) >= 11 is 1.42. The van der Waals surface area contributed by atoms with E-state index in [1.165, 1.54) is 38.1 Å². The molecule has 0 amide bonds. The Bertz CT molecular complexity index is 1380. The molecule has 196 valence electrons. The molecule has 1 heterocycles. The number of hydrogen-bond donors (Lipinski definition) is 3. The van der Waals surface area contributed by atoms with E-state index in [2.05, 4.69) is 5.32 Å². The zero-order chi connectivity index (χ0) is 27.1. The van der Waals surface area contributed by atoms with Crippen LogP contribution in [0, 0.1) is 0 Å². The number of allylic oxidation sites excluding steroid dienone is 2. The van der Waals surface area contributed by atoms with E-state index in [1.54, 1.807) is 36.4 Å². The standard InChI is InChI=1S/C30H29NO6S/c1-36-26-16-20(8-11-22(26)32)9-12-24(34)29-25(35)18-28(21-10-13-23(33)27(17-21)37-2)38-30(29)31-15-14-19-6-4-3-5-7-19/h3-13,16-17,28,31-33H,14-15,18H2,1-2H3/b12-9+. The van der Waals surface area contributed by atoms with Crippen molar-refractivity contribution in [3.8, 4) is 23.0 Å². The highest BCUT2D eigenvalue weighted by Gasteiger charge is 2.32. The van der Waals surface area contributed by atoms with E-state index in [1.807, 2.05) is 30.3 Å². The van der Waals surface area contributed by atoms with Crippen molar-refractivity contribution in [2.45, 2.75) is 18.1 Å². The van der Waals surface area contributed by atoms with Gasteiger partial charge in [-0.2, -0.15) is 0 Å². The first-order valence-electron chi connectivity index (χ1n) is 12.1. The number of carbonyl (C=O) groups excluding carboxylic acids is 2. The van der Waals surface area contributed by atoms with Crippen molar-refractivity contribution < 1.29 is 29.3 Å². The lowest BCUT2D eigenvalue weighted by molar-refractivity contribution is -0.119. The Hall–Kier alpha value is -4.17. The van der Waals surface area contributed by atoms with Crippen LogP contribution in [-0.4, -0.2) is 42.5 Å². The van der Waals surface area contributed by atoms with Crippen LogP contribution in [0.5, 0.6) is 23.0 Å². The number of aromatic hydroxyl groups is 2. The van der Waals surface area contributed by atoms with Crippen LogP contribution >= 0.6 is 11.8 Å². The molecule has 1 atom stereocenters. The molecule has 3 aromatic rings. The zero-order valence-corrected chi connectivity index (χ0v) is 22.0. The molecule has 3 aromatic carbocycles. The molecule has 0 bridgehead atoms. The van der Waals surface area contributed by atoms with Crippen molar-refractivity contribution >= 4 is 29.4 Å². The summed E-state index contributed by atoms with van der Waals surface area (Å²) in [6, 6.07) is 19.7. The third-order valence-corrected chi connectivity index (χ3v) is 7.44. The average molecular weight is 532 g/mol. The molecule has 0 radical (unpaired) electrons. The maximum Gasteiger partial charge on any atom is 0.192 e. The molecule has 3 N–H and O–H groups in total. The maximum absolute atomic E-state index is 13.3. The second-order valence-electron chi connectivity index (χ2n) is 8.66. The number of carbonyl (C=O) groups is 2. The molecule has 0 saturated heterocycles. The Kier molecular flexibility index (Phi) is 8.76. The number of benzene rings is 3. The number of phenols is 2. The van der Waals surface area contributed by atoms with E-state index in [9.17, 15) is 19.8 Å². The Morgan fingerprint density at radius 1 is 1.00 bits per heavy atom. The first-order chi connectivity index (χ1) is 18.4. The molecule has 0 saturated carbocycles. The van der Waals surface area contributed by atoms with Gasteiger partial charge in [-0.25, -0.2) is 0 Å². The number of methoxy groups -OCH3 is 2. The number of hydrogen-bond acceptors (Lipinski definition) is 8. The van der Waals surface area contributed by atoms with Crippen molar-refractivity contribution in [2.24, 2.45) is 0 Å². The van der Waals surface area contributed by atoms with Gasteiger partial charge in [-0.05, 0) is 53.5 Å². The molecular formula is C30H29NO6S. The third kappa shape index (κ3) is 6.39. The first kappa shape index (κ1) is 26.9. The first-order valence-corrected chi connectivity index (χ1v) is 13.0. The Morgan fingerprint density at radius 3 is 2.39 bits per heavy atom. The van der Waals surface area contributed by atoms with E-state index in [-0.39, 0.29) is 34.5 Å². The summed E-state index contributed by atoms with van der Waals surface area (Å²) in [5, 5.41) is 23.4. The predicted molar refractivity (Wildman–Crippen MR) is 148 cm³/mol. The molecule has 0 fully saturated rings. The second kappa shape index (κ2) is 12.4. The van der Waals surface area contributed by atoms with Crippen molar-refractivity contribution in [2.75, 3.05) is 20.8 Å². The molecule has 8 heteroatoms. The summed E-state index contributed by atoms with van der Waals surface area (Å²) in [4.78, 5) is 26.6. The van der Waals surface area contributed by atoms with Gasteiger partial charge in [0.1, 0.15) is 0 Å². The van der Waals surface area contributed by atoms with Crippen LogP contribution in [0.25, 0.3) is 6.08 Å². The number of nitrogens with one attached hydrogen (secondary N) is 1. The SMILES string of the molecule is COc1cc(/C=C/C(=O)C2=C(NCCc3ccccc3)SC(c3ccc(O)c(OC)c3)CC2=O)ccc1O. The largest absolute Gasteiger partial charge is 0.504 e. The third-order valence-electron chi connectivity index (χ3n) is 6.13. The molecule has 7 nitrogen and oxygen atoms in total. The van der Waals surface area contributed by atoms with Crippen molar-refractivity contribution in [3.63, 3.8) is 0 Å². The highest BCUT2D eigenvalue weighted by atomic mass is 32.2. The molecule has 38 heavy (non-hydrogen) atoms. The molecule has 0 aliphatic carbocycles. The molecule has 0 spiro atoms. The quantitative estimate of drug-likeness (QED) is 0.243. The van der Waals surface area contributed by atoms with Gasteiger partial charge in [-0.15, -0.1) is 0 Å². The monoisotopic (exact) mass is 531 g/mol. The number of thioether (sulfide) groups is 1. The van der Waals surface area contributed by atoms with Crippen LogP contribution in [0.4, 0.5) is 0 Å². The van der Waals surface area contributed by atoms with Gasteiger partial charge in [-0.1, -0.05) is 60.3 Å². The van der Waals surface area contributed by atoms with Crippen molar-refractivity contribution in [1.82, 2.24) is 5.32 Å². The predicted octanol–water partition coefficient (Wildman–Crippen LogP) is 5.19. The Labute approximate surface area is 225 Å². The normalized spacial score (nSPS) is 15.5. The summed E-state index contributed by atoms with van der Waals surface area (Å²) in [6.45, 7) is 0.543. The fourth-order valence-corrected chi connectivity index (χ4v) is 5.44. The summed E-state index contributed by atoms with van der Waals surface area (Å²) in [5.74, 6) is -0.0309. The zero-order valence-electron chi connectivity index (χ0n) is 21.1. The average Bonchev–Trinajstić information content (AvgIpc) is 2.93. The fourth-order valence-electron chi connectivity index (χ4n) is 4.12. The van der Waals surface area contributed by atoms with Crippen LogP contribution in [0.15, 0.2) is 83.4 Å². The van der Waals surface area contributed by atoms with Gasteiger partial charge in [0.05, 0.1) is 24.8 Å². The van der Waals surface area contributed by atoms with Gasteiger partial charge >= 0.3 is 0 Å². The summed E-state index contributed by atoms with van der Waals surface area (Å²) < 4.78 is 10.4. The van der Waals surface area contributed by atoms with Crippen LogP contribution in [0.2, 0.25) is 0 Å². The van der Waals surface area contributed by atoms with Crippen molar-refractivity contribution in [3.05, 3.63) is 100 Å². The van der Waals surface area contributed by atoms with Gasteiger partial charge in [0, 0.05) is 18.2 Å². The molecule has 0 aromatic heterocycles. The van der Waals surface area contributed by atoms with Crippen LogP contribution in [0.3, 0.4) is 0 Å². The number of phenolic OH excluding ortho intramolecular Hbond substituents is 2. The van der Waals surface area contributed by atoms with Crippen molar-refractivity contribution in [1.29, 1.82) is 0 Å². The molecule has 1 unspecified atom stereocenters. The van der Waals surface area contributed by atoms with E-state index in [0.29, 0.717) is 28.6 Å². The lowest BCUT2D eigenvalue weighted by Crippen LogP contribution is -2.27. The van der Waals surface area contributed by atoms with E-state index >= 15 is 0 Å². The molecular weight excluding hydrogens is 502 g/mol. The van der Waals surface area contributed by atoms with E-state index in [4.69, 9.17) is 9.47 Å². The minimum Gasteiger partial charge on any atom is -0.504 e. The number of ether oxygens (including phenoxy) is 2. The maximum atomic E-state index is 13.3. The highest BCUT2D eigenvalue weighted by Crippen LogP contribution is 2.44. The summed E-state index contributed by atoms with van der Waals surface area (Å²) in [6.07, 6.45) is 3.81. The second-order valence-corrected chi connectivity index (χ2v) is 9.87. The van der Waals surface area contributed by atoms with Gasteiger partial charge in [0.25, 0.3) is 0 Å². The number of ketones is 2. The molecule has 1 aliphatic heterocycles. The number of Topliss-reactive ketones (excluding diaryl/α,β-unsaturated/α-hetero) is 1. The highest BCUT2D eigenvalue weighted by molar-refractivity contribution is 8.03. The molecule has 4 rings (SSSR count). The van der Waals surface area contributed by atoms with Crippen LogP contribution in [0.1, 0.15) is 28.4 Å². The van der Waals surface area contributed by atoms with Gasteiger partial charge in [0.15, 0.2) is 34.6 Å². The van der Waals surface area contributed by atoms with Crippen LogP contribution in [-0.2, 0) is 16.0 Å². The van der Waals surface area contributed by atoms with Gasteiger partial charge in [-0.3, -0.25) is 9.59 Å². The van der Waals surface area contributed by atoms with E-state index < -0.39 is 5.78 Å². The minimum absolute atomic E-state index is 0.000603. The van der Waals surface area contributed by atoms with Gasteiger partial charge < -0.3 is 25.0 Å². The summed E-state index contributed by atoms with van der Waals surface area (Å²) in [7, 11) is 2.92. The number of rotatable bonds is 10. The summed E-state index contributed by atoms with van der Waals surface area (Å²) in [5.41, 5.74) is 2.73. The van der Waals surface area contributed by atoms with Crippen LogP contribution < -0.4 is 14.8 Å². The fraction of sp³-hybridized carbons (Fsp3) is 0.200. The van der Waals surface area contributed by atoms with E-state index in [0.717, 1.165) is 17.5 Å². The smallest absolute Gasteiger partial charge is 0.192 e. The Morgan fingerprint density at radius 2 is 1.68 bits per heavy atom. The Balaban J connectivity index is 1.61. The topological polar surface area (TPSA) is 105 Å². The lowest BCUT2D eigenvalue weighted by Gasteiger charge is -2.26. The van der Waals surface area contributed by atoms with Gasteiger partial charge in [0.2, 0.25) is 0 Å². The molecule has 1 aliphatic rings. The lowest BCUT2D eigenvalue weighted by atomic mass is 9.98.